The van der Waals surface area contributed by atoms with E-state index >= 15 is 0 Å². The van der Waals surface area contributed by atoms with E-state index in [0.29, 0.717) is 0 Å². The fourth-order valence-electron chi connectivity index (χ4n) is 1.45. The molecule has 0 saturated heterocycles. The first-order valence-electron chi connectivity index (χ1n) is 4.97. The van der Waals surface area contributed by atoms with Gasteiger partial charge in [0.15, 0.2) is 0 Å². The van der Waals surface area contributed by atoms with Crippen LogP contribution in [0.3, 0.4) is 0 Å². The fraction of sp³-hybridized carbons (Fsp3) is 0.273. The largest absolute Gasteiger partial charge is 0.385 e. The highest BCUT2D eigenvalue weighted by molar-refractivity contribution is 5.40. The second-order valence-corrected chi connectivity index (χ2v) is 3.36. The van der Waals surface area contributed by atoms with E-state index < -0.39 is 0 Å². The molecule has 0 amide bonds. The van der Waals surface area contributed by atoms with E-state index in [1.807, 2.05) is 36.1 Å². The van der Waals surface area contributed by atoms with Crippen molar-refractivity contribution in [1.29, 1.82) is 0 Å². The second kappa shape index (κ2) is 4.59. The summed E-state index contributed by atoms with van der Waals surface area (Å²) < 4.78 is 1.90. The van der Waals surface area contributed by atoms with Gasteiger partial charge in [0.25, 0.3) is 0 Å². The molecule has 1 N–H and O–H groups in total. The third kappa shape index (κ3) is 2.56. The summed E-state index contributed by atoms with van der Waals surface area (Å²) in [5, 5.41) is 7.45. The summed E-state index contributed by atoms with van der Waals surface area (Å²) in [5.74, 6) is 0. The molecule has 2 heterocycles. The van der Waals surface area contributed by atoms with Crippen molar-refractivity contribution in [3.8, 4) is 0 Å². The van der Waals surface area contributed by atoms with Crippen molar-refractivity contribution >= 4 is 5.69 Å². The number of rotatable bonds is 4. The lowest BCUT2D eigenvalue weighted by atomic mass is 10.3. The lowest BCUT2D eigenvalue weighted by Gasteiger charge is -2.05. The SMILES string of the molecule is Cn1nccc1CCNc1ccncc1. The van der Waals surface area contributed by atoms with Gasteiger partial charge >= 0.3 is 0 Å². The summed E-state index contributed by atoms with van der Waals surface area (Å²) in [4.78, 5) is 3.96. The normalized spacial score (nSPS) is 10.2. The molecule has 2 aromatic rings. The van der Waals surface area contributed by atoms with Gasteiger partial charge in [0.05, 0.1) is 0 Å². The number of anilines is 1. The Labute approximate surface area is 89.0 Å². The zero-order valence-electron chi connectivity index (χ0n) is 8.72. The monoisotopic (exact) mass is 202 g/mol. The Balaban J connectivity index is 1.83. The smallest absolute Gasteiger partial charge is 0.0492 e. The van der Waals surface area contributed by atoms with Gasteiger partial charge in [-0.25, -0.2) is 0 Å². The van der Waals surface area contributed by atoms with Gasteiger partial charge in [0, 0.05) is 50.0 Å². The van der Waals surface area contributed by atoms with Crippen molar-refractivity contribution in [3.05, 3.63) is 42.5 Å². The molecular formula is C11H14N4. The summed E-state index contributed by atoms with van der Waals surface area (Å²) in [6.07, 6.45) is 6.36. The van der Waals surface area contributed by atoms with Crippen molar-refractivity contribution in [2.45, 2.75) is 6.42 Å². The van der Waals surface area contributed by atoms with Crippen LogP contribution in [0, 0.1) is 0 Å². The average Bonchev–Trinajstić information content (AvgIpc) is 2.66. The van der Waals surface area contributed by atoms with Gasteiger partial charge in [-0.05, 0) is 18.2 Å². The van der Waals surface area contributed by atoms with Gasteiger partial charge in [-0.3, -0.25) is 9.67 Å². The van der Waals surface area contributed by atoms with Gasteiger partial charge in [-0.15, -0.1) is 0 Å². The van der Waals surface area contributed by atoms with Gasteiger partial charge in [0.1, 0.15) is 0 Å². The third-order valence-corrected chi connectivity index (χ3v) is 2.31. The highest BCUT2D eigenvalue weighted by atomic mass is 15.3. The lowest BCUT2D eigenvalue weighted by Crippen LogP contribution is -2.08. The molecule has 0 fully saturated rings. The molecule has 2 aromatic heterocycles. The van der Waals surface area contributed by atoms with Crippen LogP contribution in [0.2, 0.25) is 0 Å². The average molecular weight is 202 g/mol. The predicted molar refractivity (Wildman–Crippen MR) is 59.6 cm³/mol. The maximum atomic E-state index is 4.12. The Morgan fingerprint density at radius 3 is 2.67 bits per heavy atom. The van der Waals surface area contributed by atoms with Crippen molar-refractivity contribution in [2.75, 3.05) is 11.9 Å². The molecule has 0 aliphatic rings. The zero-order chi connectivity index (χ0) is 10.5. The van der Waals surface area contributed by atoms with Crippen LogP contribution >= 0.6 is 0 Å². The Bertz CT molecular complexity index is 408. The van der Waals surface area contributed by atoms with Crippen LogP contribution in [0.25, 0.3) is 0 Å². The number of aryl methyl sites for hydroxylation is 1. The quantitative estimate of drug-likeness (QED) is 0.816. The van der Waals surface area contributed by atoms with E-state index in [-0.39, 0.29) is 0 Å². The zero-order valence-corrected chi connectivity index (χ0v) is 8.72. The molecule has 0 bridgehead atoms. The number of hydrogen-bond acceptors (Lipinski definition) is 3. The minimum Gasteiger partial charge on any atom is -0.385 e. The predicted octanol–water partition coefficient (Wildman–Crippen LogP) is 1.47. The van der Waals surface area contributed by atoms with E-state index in [2.05, 4.69) is 15.4 Å². The second-order valence-electron chi connectivity index (χ2n) is 3.36. The van der Waals surface area contributed by atoms with E-state index in [9.17, 15) is 0 Å². The number of aromatic nitrogens is 3. The van der Waals surface area contributed by atoms with Crippen LogP contribution in [0.4, 0.5) is 5.69 Å². The number of nitrogens with one attached hydrogen (secondary N) is 1. The van der Waals surface area contributed by atoms with Crippen molar-refractivity contribution in [3.63, 3.8) is 0 Å². The minimum absolute atomic E-state index is 0.906. The topological polar surface area (TPSA) is 42.7 Å². The first-order valence-corrected chi connectivity index (χ1v) is 4.97. The summed E-state index contributed by atoms with van der Waals surface area (Å²) >= 11 is 0. The Kier molecular flexibility index (Phi) is 2.97. The molecule has 0 aliphatic carbocycles. The van der Waals surface area contributed by atoms with Crippen LogP contribution in [-0.2, 0) is 13.5 Å². The minimum atomic E-state index is 0.906. The molecule has 0 radical (unpaired) electrons. The molecule has 4 heteroatoms. The molecule has 0 spiro atoms. The van der Waals surface area contributed by atoms with Gasteiger partial charge in [0.2, 0.25) is 0 Å². The van der Waals surface area contributed by atoms with E-state index in [0.717, 1.165) is 18.7 Å². The van der Waals surface area contributed by atoms with Crippen molar-refractivity contribution in [2.24, 2.45) is 7.05 Å². The van der Waals surface area contributed by atoms with E-state index in [1.165, 1.54) is 5.69 Å². The number of hydrogen-bond donors (Lipinski definition) is 1. The summed E-state index contributed by atoms with van der Waals surface area (Å²) in [6, 6.07) is 5.96. The first-order chi connectivity index (χ1) is 7.36. The highest BCUT2D eigenvalue weighted by Crippen LogP contribution is 2.04. The molecular weight excluding hydrogens is 188 g/mol. The molecule has 0 unspecified atom stereocenters. The van der Waals surface area contributed by atoms with Gasteiger partial charge in [-0.2, -0.15) is 5.10 Å². The maximum Gasteiger partial charge on any atom is 0.0492 e. The van der Waals surface area contributed by atoms with Crippen LogP contribution in [-0.4, -0.2) is 21.3 Å². The maximum absolute atomic E-state index is 4.12. The molecule has 0 atom stereocenters. The molecule has 0 aliphatic heterocycles. The number of nitrogens with zero attached hydrogens (tertiary/aromatic N) is 3. The summed E-state index contributed by atoms with van der Waals surface area (Å²) in [5.41, 5.74) is 2.34. The van der Waals surface area contributed by atoms with Crippen LogP contribution in [0.15, 0.2) is 36.8 Å². The molecule has 2 rings (SSSR count). The Hall–Kier alpha value is -1.84. The molecule has 0 aromatic carbocycles. The van der Waals surface area contributed by atoms with Crippen LogP contribution in [0.5, 0.6) is 0 Å². The van der Waals surface area contributed by atoms with Gasteiger partial charge in [-0.1, -0.05) is 0 Å². The highest BCUT2D eigenvalue weighted by Gasteiger charge is 1.97. The third-order valence-electron chi connectivity index (χ3n) is 2.31. The summed E-state index contributed by atoms with van der Waals surface area (Å²) in [7, 11) is 1.96. The first kappa shape index (κ1) is 9.71. The molecule has 0 saturated carbocycles. The Morgan fingerprint density at radius 1 is 1.20 bits per heavy atom. The van der Waals surface area contributed by atoms with Gasteiger partial charge < -0.3 is 5.32 Å². The standard InChI is InChI=1S/C11H14N4/c1-15-11(5-9-14-15)4-8-13-10-2-6-12-7-3-10/h2-3,5-7,9H,4,8H2,1H3,(H,12,13). The van der Waals surface area contributed by atoms with Crippen molar-refractivity contribution < 1.29 is 0 Å². The lowest BCUT2D eigenvalue weighted by molar-refractivity contribution is 0.711. The molecule has 78 valence electrons. The van der Waals surface area contributed by atoms with Crippen LogP contribution < -0.4 is 5.32 Å². The fourth-order valence-corrected chi connectivity index (χ4v) is 1.45. The van der Waals surface area contributed by atoms with E-state index in [4.69, 9.17) is 0 Å². The summed E-state index contributed by atoms with van der Waals surface area (Å²) in [6.45, 7) is 0.906. The Morgan fingerprint density at radius 2 is 2.00 bits per heavy atom. The number of pyridine rings is 1. The molecule has 4 nitrogen and oxygen atoms in total. The molecule has 15 heavy (non-hydrogen) atoms. The van der Waals surface area contributed by atoms with Crippen molar-refractivity contribution in [1.82, 2.24) is 14.8 Å². The van der Waals surface area contributed by atoms with Crippen LogP contribution in [0.1, 0.15) is 5.69 Å². The van der Waals surface area contributed by atoms with E-state index in [1.54, 1.807) is 12.4 Å².